The van der Waals surface area contributed by atoms with Gasteiger partial charge in [-0.15, -0.1) is 0 Å². The average Bonchev–Trinajstić information content (AvgIpc) is 2.89. The molecule has 0 aliphatic carbocycles. The van der Waals surface area contributed by atoms with Crippen LogP contribution < -0.4 is 10.2 Å². The number of hydrogen-bond acceptors (Lipinski definition) is 4. The number of benzene rings is 1. The SMILES string of the molecule is Cc1cc(C)cc(C(=O)Nc2cccnc2N2C(=O)O[C@H](C(F)(F)F)[C@H]2C)c1. The third-order valence-electron chi connectivity index (χ3n) is 4.34. The number of nitrogens with zero attached hydrogens (tertiary/aromatic N) is 2. The van der Waals surface area contributed by atoms with Gasteiger partial charge >= 0.3 is 12.3 Å². The number of halogens is 3. The van der Waals surface area contributed by atoms with Gasteiger partial charge in [-0.2, -0.15) is 13.2 Å². The van der Waals surface area contributed by atoms with E-state index in [4.69, 9.17) is 0 Å². The van der Waals surface area contributed by atoms with Gasteiger partial charge in [0.2, 0.25) is 6.10 Å². The number of alkyl halides is 3. The summed E-state index contributed by atoms with van der Waals surface area (Å²) in [7, 11) is 0. The van der Waals surface area contributed by atoms with Gasteiger partial charge in [0.05, 0.1) is 11.7 Å². The number of amides is 2. The number of pyridine rings is 1. The fourth-order valence-corrected chi connectivity index (χ4v) is 3.17. The highest BCUT2D eigenvalue weighted by Crippen LogP contribution is 2.37. The second-order valence-electron chi connectivity index (χ2n) is 6.66. The van der Waals surface area contributed by atoms with Crippen molar-refractivity contribution in [3.05, 3.63) is 53.2 Å². The zero-order valence-electron chi connectivity index (χ0n) is 15.4. The number of cyclic esters (lactones) is 1. The Kier molecular flexibility index (Phi) is 5.01. The van der Waals surface area contributed by atoms with E-state index in [0.717, 1.165) is 16.0 Å². The van der Waals surface area contributed by atoms with Crippen LogP contribution in [0.5, 0.6) is 0 Å². The van der Waals surface area contributed by atoms with Gasteiger partial charge in [0.1, 0.15) is 0 Å². The lowest BCUT2D eigenvalue weighted by Gasteiger charge is -2.23. The molecule has 1 aromatic heterocycles. The first-order valence-corrected chi connectivity index (χ1v) is 8.49. The molecule has 2 amide bonds. The largest absolute Gasteiger partial charge is 0.434 e. The molecule has 148 valence electrons. The van der Waals surface area contributed by atoms with Gasteiger partial charge in [-0.3, -0.25) is 9.69 Å². The molecule has 1 aliphatic heterocycles. The van der Waals surface area contributed by atoms with Gasteiger partial charge in [-0.1, -0.05) is 17.2 Å². The Hall–Kier alpha value is -3.10. The van der Waals surface area contributed by atoms with Crippen LogP contribution in [0.15, 0.2) is 36.5 Å². The van der Waals surface area contributed by atoms with E-state index in [2.05, 4.69) is 15.0 Å². The minimum Gasteiger partial charge on any atom is -0.434 e. The minimum atomic E-state index is -4.71. The van der Waals surface area contributed by atoms with Crippen LogP contribution in [-0.2, 0) is 4.74 Å². The molecule has 0 unspecified atom stereocenters. The maximum absolute atomic E-state index is 13.1. The van der Waals surface area contributed by atoms with Crippen molar-refractivity contribution in [2.45, 2.75) is 39.1 Å². The van der Waals surface area contributed by atoms with Crippen LogP contribution in [0, 0.1) is 13.8 Å². The summed E-state index contributed by atoms with van der Waals surface area (Å²) in [6.45, 7) is 4.91. The molecule has 2 atom stereocenters. The Bertz CT molecular complexity index is 910. The van der Waals surface area contributed by atoms with Gasteiger partial charge in [-0.25, -0.2) is 9.78 Å². The molecule has 1 fully saturated rings. The first kappa shape index (κ1) is 19.7. The van der Waals surface area contributed by atoms with Crippen LogP contribution in [0.25, 0.3) is 0 Å². The van der Waals surface area contributed by atoms with E-state index in [1.54, 1.807) is 12.1 Å². The lowest BCUT2D eigenvalue weighted by atomic mass is 10.1. The quantitative estimate of drug-likeness (QED) is 0.847. The monoisotopic (exact) mass is 393 g/mol. The van der Waals surface area contributed by atoms with E-state index in [0.29, 0.717) is 5.56 Å². The molecule has 28 heavy (non-hydrogen) atoms. The molecular weight excluding hydrogens is 375 g/mol. The molecule has 9 heteroatoms. The predicted octanol–water partition coefficient (Wildman–Crippen LogP) is 4.23. The molecule has 1 N–H and O–H groups in total. The summed E-state index contributed by atoms with van der Waals surface area (Å²) in [6, 6.07) is 6.91. The summed E-state index contributed by atoms with van der Waals surface area (Å²) in [5.74, 6) is -0.571. The number of hydrogen-bond donors (Lipinski definition) is 1. The zero-order chi connectivity index (χ0) is 20.6. The van der Waals surface area contributed by atoms with Crippen LogP contribution in [0.4, 0.5) is 29.5 Å². The summed E-state index contributed by atoms with van der Waals surface area (Å²) in [5.41, 5.74) is 2.28. The predicted molar refractivity (Wildman–Crippen MR) is 96.4 cm³/mol. The van der Waals surface area contributed by atoms with Crippen molar-refractivity contribution in [1.82, 2.24) is 4.98 Å². The van der Waals surface area contributed by atoms with Gasteiger partial charge in [-0.05, 0) is 45.0 Å². The van der Waals surface area contributed by atoms with Crippen molar-refractivity contribution >= 4 is 23.5 Å². The molecule has 3 rings (SSSR count). The van der Waals surface area contributed by atoms with Crippen molar-refractivity contribution in [3.63, 3.8) is 0 Å². The lowest BCUT2D eigenvalue weighted by Crippen LogP contribution is -2.41. The van der Waals surface area contributed by atoms with E-state index >= 15 is 0 Å². The molecule has 2 aromatic rings. The summed E-state index contributed by atoms with van der Waals surface area (Å²) in [5, 5.41) is 2.62. The molecule has 0 spiro atoms. The zero-order valence-corrected chi connectivity index (χ0v) is 15.4. The van der Waals surface area contributed by atoms with Crippen LogP contribution in [-0.4, -0.2) is 35.3 Å². The number of ether oxygens (including phenoxy) is 1. The molecule has 0 bridgehead atoms. The van der Waals surface area contributed by atoms with E-state index in [-0.39, 0.29) is 11.5 Å². The first-order valence-electron chi connectivity index (χ1n) is 8.49. The Morgan fingerprint density at radius 2 is 1.86 bits per heavy atom. The number of rotatable bonds is 3. The van der Waals surface area contributed by atoms with Crippen molar-refractivity contribution in [2.75, 3.05) is 10.2 Å². The summed E-state index contributed by atoms with van der Waals surface area (Å²) in [4.78, 5) is 29.5. The van der Waals surface area contributed by atoms with Crippen molar-refractivity contribution < 1.29 is 27.5 Å². The van der Waals surface area contributed by atoms with E-state index in [1.807, 2.05) is 19.9 Å². The molecule has 1 aliphatic rings. The van der Waals surface area contributed by atoms with Gasteiger partial charge in [0.25, 0.3) is 5.91 Å². The number of carbonyl (C=O) groups excluding carboxylic acids is 2. The fraction of sp³-hybridized carbons (Fsp3) is 0.316. The van der Waals surface area contributed by atoms with Crippen molar-refractivity contribution in [2.24, 2.45) is 0 Å². The van der Waals surface area contributed by atoms with Crippen LogP contribution in [0.2, 0.25) is 0 Å². The van der Waals surface area contributed by atoms with Crippen molar-refractivity contribution in [3.8, 4) is 0 Å². The number of aryl methyl sites for hydroxylation is 2. The van der Waals surface area contributed by atoms with Crippen molar-refractivity contribution in [1.29, 1.82) is 0 Å². The fourth-order valence-electron chi connectivity index (χ4n) is 3.17. The number of aromatic nitrogens is 1. The van der Waals surface area contributed by atoms with E-state index in [1.165, 1.54) is 25.3 Å². The molecule has 1 saturated heterocycles. The second kappa shape index (κ2) is 7.14. The Morgan fingerprint density at radius 1 is 1.21 bits per heavy atom. The van der Waals surface area contributed by atoms with E-state index < -0.39 is 30.3 Å². The molecule has 1 aromatic carbocycles. The van der Waals surface area contributed by atoms with Gasteiger partial charge in [0.15, 0.2) is 5.82 Å². The normalized spacial score (nSPS) is 19.5. The number of carbonyl (C=O) groups is 2. The number of nitrogens with one attached hydrogen (secondary N) is 1. The Labute approximate surface area is 159 Å². The average molecular weight is 393 g/mol. The lowest BCUT2D eigenvalue weighted by molar-refractivity contribution is -0.198. The third-order valence-corrected chi connectivity index (χ3v) is 4.34. The van der Waals surface area contributed by atoms with Crippen LogP contribution in [0.3, 0.4) is 0 Å². The first-order chi connectivity index (χ1) is 13.1. The molecule has 0 saturated carbocycles. The summed E-state index contributed by atoms with van der Waals surface area (Å²) in [6.07, 6.45) is -6.83. The molecule has 6 nitrogen and oxygen atoms in total. The molecule has 2 heterocycles. The third kappa shape index (κ3) is 3.78. The maximum atomic E-state index is 13.1. The van der Waals surface area contributed by atoms with Gasteiger partial charge in [0, 0.05) is 11.8 Å². The highest BCUT2D eigenvalue weighted by atomic mass is 19.4. The second-order valence-corrected chi connectivity index (χ2v) is 6.66. The smallest absolute Gasteiger partial charge is 0.427 e. The van der Waals surface area contributed by atoms with E-state index in [9.17, 15) is 22.8 Å². The molecule has 0 radical (unpaired) electrons. The van der Waals surface area contributed by atoms with Crippen LogP contribution >= 0.6 is 0 Å². The van der Waals surface area contributed by atoms with Crippen LogP contribution in [0.1, 0.15) is 28.4 Å². The summed E-state index contributed by atoms with van der Waals surface area (Å²) < 4.78 is 43.8. The topological polar surface area (TPSA) is 71.5 Å². The summed E-state index contributed by atoms with van der Waals surface area (Å²) >= 11 is 0. The standard InChI is InChI=1S/C19H18F3N3O3/c1-10-7-11(2)9-13(8-10)17(26)24-14-5-4-6-23-16(14)25-12(3)15(19(20,21)22)28-18(25)27/h4-9,12,15H,1-3H3,(H,24,26)/t12-,15+/m1/s1. The van der Waals surface area contributed by atoms with Gasteiger partial charge < -0.3 is 10.1 Å². The molecular formula is C19H18F3N3O3. The maximum Gasteiger partial charge on any atom is 0.427 e. The Morgan fingerprint density at radius 3 is 2.43 bits per heavy atom. The minimum absolute atomic E-state index is 0.107. The highest BCUT2D eigenvalue weighted by molar-refractivity contribution is 6.07. The highest BCUT2D eigenvalue weighted by Gasteiger charge is 2.55. The Balaban J connectivity index is 1.92. The number of anilines is 2.